The molecule has 0 aromatic carbocycles. The predicted octanol–water partition coefficient (Wildman–Crippen LogP) is 3.64. The third-order valence-corrected chi connectivity index (χ3v) is 7.28. The van der Waals surface area contributed by atoms with Gasteiger partial charge in [-0.15, -0.1) is 10.2 Å². The second kappa shape index (κ2) is 8.41. The van der Waals surface area contributed by atoms with Crippen LogP contribution >= 0.6 is 11.8 Å². The van der Waals surface area contributed by atoms with E-state index in [1.54, 1.807) is 11.8 Å². The summed E-state index contributed by atoms with van der Waals surface area (Å²) >= 11 is 1.55. The highest BCUT2D eigenvalue weighted by Gasteiger charge is 2.32. The molecular weight excluding hydrogens is 358 g/mol. The molecule has 1 amide bonds. The van der Waals surface area contributed by atoms with Crippen LogP contribution in [0.4, 0.5) is 5.95 Å². The minimum atomic E-state index is 0.137. The quantitative estimate of drug-likeness (QED) is 0.750. The Morgan fingerprint density at radius 2 is 1.67 bits per heavy atom. The van der Waals surface area contributed by atoms with Crippen LogP contribution in [0.1, 0.15) is 71.3 Å². The van der Waals surface area contributed by atoms with Crippen LogP contribution in [-0.2, 0) is 4.79 Å². The number of amides is 1. The highest BCUT2D eigenvalue weighted by Crippen LogP contribution is 2.41. The van der Waals surface area contributed by atoms with Gasteiger partial charge >= 0.3 is 0 Å². The second-order valence-corrected chi connectivity index (χ2v) is 9.81. The largest absolute Gasteiger partial charge is 0.353 e. The molecule has 150 valence electrons. The van der Waals surface area contributed by atoms with Crippen LogP contribution in [0.15, 0.2) is 5.16 Å². The van der Waals surface area contributed by atoms with Gasteiger partial charge in [-0.05, 0) is 63.2 Å². The number of thioether (sulfide) groups is 1. The van der Waals surface area contributed by atoms with Crippen LogP contribution in [0.3, 0.4) is 0 Å². The van der Waals surface area contributed by atoms with Crippen molar-refractivity contribution in [3.05, 3.63) is 0 Å². The van der Waals surface area contributed by atoms with Gasteiger partial charge in [-0.1, -0.05) is 25.6 Å². The summed E-state index contributed by atoms with van der Waals surface area (Å²) in [6.07, 6.45) is 9.55. The Hall–Kier alpha value is -1.24. The maximum Gasteiger partial charge on any atom is 0.230 e. The van der Waals surface area contributed by atoms with Crippen LogP contribution in [0, 0.1) is 11.8 Å². The van der Waals surface area contributed by atoms with E-state index in [1.807, 2.05) is 0 Å². The maximum absolute atomic E-state index is 12.4. The van der Waals surface area contributed by atoms with Gasteiger partial charge in [0, 0.05) is 25.2 Å². The Labute approximate surface area is 166 Å². The summed E-state index contributed by atoms with van der Waals surface area (Å²) in [4.78, 5) is 14.8. The van der Waals surface area contributed by atoms with Gasteiger partial charge in [-0.3, -0.25) is 9.36 Å². The zero-order chi connectivity index (χ0) is 18.8. The molecule has 0 bridgehead atoms. The zero-order valence-corrected chi connectivity index (χ0v) is 17.5. The molecule has 1 aromatic heterocycles. The monoisotopic (exact) mass is 391 g/mol. The molecule has 4 rings (SSSR count). The smallest absolute Gasteiger partial charge is 0.230 e. The lowest BCUT2D eigenvalue weighted by atomic mass is 9.87. The Morgan fingerprint density at radius 3 is 2.33 bits per heavy atom. The first-order valence-electron chi connectivity index (χ1n) is 10.7. The minimum Gasteiger partial charge on any atom is -0.353 e. The topological polar surface area (TPSA) is 63.1 Å². The molecule has 3 fully saturated rings. The fourth-order valence-electron chi connectivity index (χ4n) is 4.25. The molecule has 2 heterocycles. The van der Waals surface area contributed by atoms with Crippen molar-refractivity contribution in [1.29, 1.82) is 0 Å². The molecule has 1 saturated heterocycles. The molecule has 27 heavy (non-hydrogen) atoms. The van der Waals surface area contributed by atoms with E-state index in [-0.39, 0.29) is 5.91 Å². The van der Waals surface area contributed by atoms with Crippen LogP contribution in [0.5, 0.6) is 0 Å². The van der Waals surface area contributed by atoms with E-state index >= 15 is 0 Å². The normalized spacial score (nSPS) is 27.0. The second-order valence-electron chi connectivity index (χ2n) is 8.87. The highest BCUT2D eigenvalue weighted by atomic mass is 32.2. The van der Waals surface area contributed by atoms with Crippen molar-refractivity contribution in [3.63, 3.8) is 0 Å². The predicted molar refractivity (Wildman–Crippen MR) is 109 cm³/mol. The summed E-state index contributed by atoms with van der Waals surface area (Å²) in [6, 6.07) is 0.890. The number of nitrogens with zero attached hydrogens (tertiary/aromatic N) is 4. The number of rotatable bonds is 6. The Bertz CT molecular complexity index is 643. The number of piperidine rings is 1. The van der Waals surface area contributed by atoms with Crippen LogP contribution in [-0.4, -0.2) is 45.6 Å². The van der Waals surface area contributed by atoms with E-state index in [1.165, 1.54) is 38.5 Å². The van der Waals surface area contributed by atoms with Crippen molar-refractivity contribution in [2.45, 2.75) is 82.5 Å². The summed E-state index contributed by atoms with van der Waals surface area (Å²) in [5.41, 5.74) is 0. The van der Waals surface area contributed by atoms with Crippen LogP contribution in [0.25, 0.3) is 0 Å². The number of anilines is 1. The molecule has 1 aromatic rings. The molecule has 1 aliphatic heterocycles. The molecule has 0 unspecified atom stereocenters. The standard InChI is InChI=1S/C20H33N5OS/c1-14-3-5-16(6-4-14)21-18(26)13-27-20-23-22-19(25(20)17-7-8-17)24-11-9-15(2)10-12-24/h14-17H,3-13H2,1-2H3,(H,21,26). The molecular formula is C20H33N5OS. The van der Waals surface area contributed by atoms with E-state index in [9.17, 15) is 4.79 Å². The van der Waals surface area contributed by atoms with Gasteiger partial charge in [0.1, 0.15) is 0 Å². The Balaban J connectivity index is 1.34. The van der Waals surface area contributed by atoms with Crippen molar-refractivity contribution >= 4 is 23.6 Å². The van der Waals surface area contributed by atoms with Gasteiger partial charge < -0.3 is 10.2 Å². The SMILES string of the molecule is CC1CCC(NC(=O)CSc2nnc(N3CCC(C)CC3)n2C2CC2)CC1. The lowest BCUT2D eigenvalue weighted by Crippen LogP contribution is -2.38. The van der Waals surface area contributed by atoms with Gasteiger partial charge in [0.05, 0.1) is 5.75 Å². The van der Waals surface area contributed by atoms with E-state index < -0.39 is 0 Å². The van der Waals surface area contributed by atoms with Gasteiger partial charge in [-0.25, -0.2) is 0 Å². The molecule has 1 N–H and O–H groups in total. The van der Waals surface area contributed by atoms with Gasteiger partial charge in [0.25, 0.3) is 0 Å². The summed E-state index contributed by atoms with van der Waals surface area (Å²) in [5, 5.41) is 13.1. The first kappa shape index (κ1) is 19.1. The van der Waals surface area contributed by atoms with Crippen molar-refractivity contribution in [3.8, 4) is 0 Å². The molecule has 2 saturated carbocycles. The zero-order valence-electron chi connectivity index (χ0n) is 16.7. The molecule has 0 spiro atoms. The first-order valence-corrected chi connectivity index (χ1v) is 11.7. The molecule has 0 radical (unpaired) electrons. The number of nitrogens with one attached hydrogen (secondary N) is 1. The summed E-state index contributed by atoms with van der Waals surface area (Å²) in [5.74, 6) is 3.21. The Morgan fingerprint density at radius 1 is 1.00 bits per heavy atom. The number of hydrogen-bond acceptors (Lipinski definition) is 5. The maximum atomic E-state index is 12.4. The number of carbonyl (C=O) groups excluding carboxylic acids is 1. The lowest BCUT2D eigenvalue weighted by molar-refractivity contribution is -0.119. The Kier molecular flexibility index (Phi) is 5.95. The number of hydrogen-bond donors (Lipinski definition) is 1. The van der Waals surface area contributed by atoms with Crippen molar-refractivity contribution in [2.24, 2.45) is 11.8 Å². The summed E-state index contributed by atoms with van der Waals surface area (Å²) in [6.45, 7) is 6.77. The number of aromatic nitrogens is 3. The fourth-order valence-corrected chi connectivity index (χ4v) is 5.06. The summed E-state index contributed by atoms with van der Waals surface area (Å²) < 4.78 is 2.30. The van der Waals surface area contributed by atoms with E-state index in [4.69, 9.17) is 0 Å². The number of carbonyl (C=O) groups is 1. The molecule has 3 aliphatic rings. The van der Waals surface area contributed by atoms with Gasteiger partial charge in [-0.2, -0.15) is 0 Å². The highest BCUT2D eigenvalue weighted by molar-refractivity contribution is 7.99. The van der Waals surface area contributed by atoms with E-state index in [2.05, 4.69) is 38.8 Å². The third-order valence-electron chi connectivity index (χ3n) is 6.34. The average Bonchev–Trinajstić information content (AvgIpc) is 3.42. The molecule has 2 aliphatic carbocycles. The third kappa shape index (κ3) is 4.79. The first-order chi connectivity index (χ1) is 13.1. The summed E-state index contributed by atoms with van der Waals surface area (Å²) in [7, 11) is 0. The van der Waals surface area contributed by atoms with Crippen LogP contribution < -0.4 is 10.2 Å². The fraction of sp³-hybridized carbons (Fsp3) is 0.850. The average molecular weight is 392 g/mol. The van der Waals surface area contributed by atoms with E-state index in [0.29, 0.717) is 17.8 Å². The van der Waals surface area contributed by atoms with Gasteiger partial charge in [0.15, 0.2) is 5.16 Å². The minimum absolute atomic E-state index is 0.137. The van der Waals surface area contributed by atoms with E-state index in [0.717, 1.165) is 48.9 Å². The van der Waals surface area contributed by atoms with Crippen molar-refractivity contribution in [2.75, 3.05) is 23.7 Å². The van der Waals surface area contributed by atoms with Crippen molar-refractivity contribution in [1.82, 2.24) is 20.1 Å². The lowest BCUT2D eigenvalue weighted by Gasteiger charge is -2.31. The van der Waals surface area contributed by atoms with Gasteiger partial charge in [0.2, 0.25) is 11.9 Å². The van der Waals surface area contributed by atoms with Crippen molar-refractivity contribution < 1.29 is 4.79 Å². The molecule has 0 atom stereocenters. The molecule has 7 heteroatoms. The molecule has 6 nitrogen and oxygen atoms in total. The van der Waals surface area contributed by atoms with Crippen LogP contribution in [0.2, 0.25) is 0 Å².